The average Bonchev–Trinajstić information content (AvgIpc) is 2.69. The van der Waals surface area contributed by atoms with E-state index < -0.39 is 6.10 Å². The first-order valence-corrected chi connectivity index (χ1v) is 10.1. The first-order valence-electron chi connectivity index (χ1n) is 10.1. The normalized spacial score (nSPS) is 12.6. The van der Waals surface area contributed by atoms with Gasteiger partial charge in [-0.05, 0) is 63.9 Å². The summed E-state index contributed by atoms with van der Waals surface area (Å²) in [6, 6.07) is 7.50. The molecule has 2 N–H and O–H groups in total. The summed E-state index contributed by atoms with van der Waals surface area (Å²) < 4.78 is 16.9. The van der Waals surface area contributed by atoms with Crippen molar-refractivity contribution >= 4 is 11.6 Å². The molecule has 1 aromatic carbocycles. The number of aliphatic hydroxyl groups excluding tert-OH is 2. The summed E-state index contributed by atoms with van der Waals surface area (Å²) >= 11 is 0. The predicted octanol–water partition coefficient (Wildman–Crippen LogP) is 3.59. The molecule has 0 amide bonds. The van der Waals surface area contributed by atoms with Crippen LogP contribution in [0.4, 0.5) is 0 Å². The Labute approximate surface area is 184 Å². The number of hydrogen-bond donors (Lipinski definition) is 2. The minimum Gasteiger partial charge on any atom is -0.490 e. The maximum Gasteiger partial charge on any atom is 0.221 e. The molecule has 0 saturated heterocycles. The van der Waals surface area contributed by atoms with Gasteiger partial charge in [0.25, 0.3) is 0 Å². The summed E-state index contributed by atoms with van der Waals surface area (Å²) in [6.07, 6.45) is -0.916. The molecule has 168 valence electrons. The van der Waals surface area contributed by atoms with Gasteiger partial charge in [-0.15, -0.1) is 0 Å². The first kappa shape index (κ1) is 24.4. The Morgan fingerprint density at radius 2 is 1.74 bits per heavy atom. The summed E-state index contributed by atoms with van der Waals surface area (Å²) in [4.78, 5) is 8.99. The van der Waals surface area contributed by atoms with Gasteiger partial charge in [-0.3, -0.25) is 0 Å². The molecule has 7 heteroatoms. The van der Waals surface area contributed by atoms with Gasteiger partial charge in [0.15, 0.2) is 0 Å². The molecule has 1 unspecified atom stereocenters. The molecular formula is C24H32N2O5. The van der Waals surface area contributed by atoms with Gasteiger partial charge in [-0.25, -0.2) is 9.98 Å². The van der Waals surface area contributed by atoms with Gasteiger partial charge >= 0.3 is 0 Å². The molecule has 0 fully saturated rings. The molecule has 0 aliphatic carbocycles. The highest BCUT2D eigenvalue weighted by Crippen LogP contribution is 2.28. The van der Waals surface area contributed by atoms with Crippen LogP contribution in [-0.4, -0.2) is 53.6 Å². The Hall–Kier alpha value is -2.90. The lowest BCUT2D eigenvalue weighted by Gasteiger charge is -2.16. The van der Waals surface area contributed by atoms with E-state index in [4.69, 9.17) is 19.3 Å². The van der Waals surface area contributed by atoms with Crippen molar-refractivity contribution in [3.05, 3.63) is 58.8 Å². The van der Waals surface area contributed by atoms with Gasteiger partial charge in [0.2, 0.25) is 11.8 Å². The highest BCUT2D eigenvalue weighted by molar-refractivity contribution is 5.97. The smallest absolute Gasteiger partial charge is 0.221 e. The van der Waals surface area contributed by atoms with Crippen LogP contribution in [-0.2, 0) is 4.74 Å². The van der Waals surface area contributed by atoms with E-state index in [1.165, 1.54) is 0 Å². The zero-order valence-corrected chi connectivity index (χ0v) is 19.1. The van der Waals surface area contributed by atoms with Gasteiger partial charge < -0.3 is 24.4 Å². The van der Waals surface area contributed by atoms with E-state index in [-0.39, 0.29) is 19.3 Å². The maximum absolute atomic E-state index is 9.53. The number of nitrogens with zero attached hydrogens (tertiary/aromatic N) is 2. The van der Waals surface area contributed by atoms with E-state index in [1.54, 1.807) is 13.2 Å². The topological polar surface area (TPSA) is 93.4 Å². The number of pyridine rings is 1. The van der Waals surface area contributed by atoms with E-state index in [0.717, 1.165) is 27.9 Å². The molecular weight excluding hydrogens is 396 g/mol. The van der Waals surface area contributed by atoms with Crippen LogP contribution in [0, 0.1) is 20.8 Å². The largest absolute Gasteiger partial charge is 0.490 e. The molecule has 31 heavy (non-hydrogen) atoms. The van der Waals surface area contributed by atoms with Gasteiger partial charge in [-0.2, -0.15) is 0 Å². The zero-order valence-electron chi connectivity index (χ0n) is 19.1. The molecule has 7 nitrogen and oxygen atoms in total. The third kappa shape index (κ3) is 6.80. The van der Waals surface area contributed by atoms with E-state index in [0.29, 0.717) is 23.2 Å². The minimum atomic E-state index is -0.921. The van der Waals surface area contributed by atoms with E-state index in [2.05, 4.69) is 16.6 Å². The lowest BCUT2D eigenvalue weighted by atomic mass is 10.0. The van der Waals surface area contributed by atoms with Crippen molar-refractivity contribution in [1.29, 1.82) is 0 Å². The van der Waals surface area contributed by atoms with E-state index >= 15 is 0 Å². The lowest BCUT2D eigenvalue weighted by molar-refractivity contribution is 0.0532. The highest BCUT2D eigenvalue weighted by atomic mass is 16.5. The highest BCUT2D eigenvalue weighted by Gasteiger charge is 2.13. The van der Waals surface area contributed by atoms with Crippen molar-refractivity contribution < 1.29 is 24.4 Å². The molecule has 0 aliphatic heterocycles. The van der Waals surface area contributed by atoms with Crippen LogP contribution >= 0.6 is 0 Å². The predicted molar refractivity (Wildman–Crippen MR) is 122 cm³/mol. The minimum absolute atomic E-state index is 0.00484. The number of aromatic nitrogens is 1. The number of rotatable bonds is 9. The fourth-order valence-corrected chi connectivity index (χ4v) is 3.06. The molecule has 0 radical (unpaired) electrons. The fraction of sp³-hybridized carbons (Fsp3) is 0.417. The Balaban J connectivity index is 2.32. The van der Waals surface area contributed by atoms with Crippen molar-refractivity contribution in [2.24, 2.45) is 4.99 Å². The summed E-state index contributed by atoms with van der Waals surface area (Å²) in [6.45, 7) is 13.4. The van der Waals surface area contributed by atoms with Gasteiger partial charge in [-0.1, -0.05) is 6.58 Å². The standard InChI is InChI=1S/C24H32N2O5/c1-14(2)31-22-11-20(10-17(5)25-22)24(29-7)26-18(6)19-8-15(3)23(16(4)9-19)30-13-21(28)12-27/h8-11,14,21,27-28H,6,12-13H2,1-5,7H3. The SMILES string of the molecule is C=C(N=C(OC)c1cc(C)nc(OC(C)C)c1)c1cc(C)c(OCC(O)CO)c(C)c1. The molecule has 1 aromatic heterocycles. The number of hydrogen-bond acceptors (Lipinski definition) is 7. The second kappa shape index (κ2) is 10.9. The number of benzene rings is 1. The average molecular weight is 429 g/mol. The van der Waals surface area contributed by atoms with Crippen LogP contribution < -0.4 is 9.47 Å². The summed E-state index contributed by atoms with van der Waals surface area (Å²) in [5.74, 6) is 1.59. The van der Waals surface area contributed by atoms with Crippen molar-refractivity contribution in [2.75, 3.05) is 20.3 Å². The Bertz CT molecular complexity index is 930. The van der Waals surface area contributed by atoms with Crippen molar-refractivity contribution in [3.8, 4) is 11.6 Å². The number of methoxy groups -OCH3 is 1. The molecule has 1 heterocycles. The van der Waals surface area contributed by atoms with E-state index in [1.807, 2.05) is 52.8 Å². The van der Waals surface area contributed by atoms with E-state index in [9.17, 15) is 5.11 Å². The van der Waals surface area contributed by atoms with Crippen LogP contribution in [0.15, 0.2) is 35.8 Å². The summed E-state index contributed by atoms with van der Waals surface area (Å²) in [7, 11) is 1.56. The molecule has 1 atom stereocenters. The number of aliphatic hydroxyl groups is 2. The Morgan fingerprint density at radius 3 is 2.29 bits per heavy atom. The van der Waals surface area contributed by atoms with Crippen LogP contribution in [0.25, 0.3) is 5.70 Å². The molecule has 2 aromatic rings. The quantitative estimate of drug-likeness (QED) is 0.468. The second-order valence-electron chi connectivity index (χ2n) is 7.66. The molecule has 0 spiro atoms. The van der Waals surface area contributed by atoms with Crippen LogP contribution in [0.2, 0.25) is 0 Å². The van der Waals surface area contributed by atoms with Crippen LogP contribution in [0.3, 0.4) is 0 Å². The van der Waals surface area contributed by atoms with Crippen LogP contribution in [0.1, 0.15) is 41.8 Å². The van der Waals surface area contributed by atoms with Crippen molar-refractivity contribution in [3.63, 3.8) is 0 Å². The third-order valence-electron chi connectivity index (χ3n) is 4.39. The molecule has 0 saturated carbocycles. The number of aliphatic imine (C=N–C) groups is 1. The van der Waals surface area contributed by atoms with Gasteiger partial charge in [0.05, 0.1) is 25.5 Å². The Kier molecular flexibility index (Phi) is 8.59. The first-order chi connectivity index (χ1) is 14.6. The maximum atomic E-state index is 9.53. The molecule has 2 rings (SSSR count). The second-order valence-corrected chi connectivity index (χ2v) is 7.66. The monoisotopic (exact) mass is 428 g/mol. The number of aryl methyl sites for hydroxylation is 3. The zero-order chi connectivity index (χ0) is 23.1. The van der Waals surface area contributed by atoms with Gasteiger partial charge in [0.1, 0.15) is 18.5 Å². The number of ether oxygens (including phenoxy) is 3. The lowest BCUT2D eigenvalue weighted by Crippen LogP contribution is -2.21. The third-order valence-corrected chi connectivity index (χ3v) is 4.39. The fourth-order valence-electron chi connectivity index (χ4n) is 3.06. The summed E-state index contributed by atoms with van der Waals surface area (Å²) in [5.41, 5.74) is 4.65. The summed E-state index contributed by atoms with van der Waals surface area (Å²) in [5, 5.41) is 18.5. The molecule has 0 bridgehead atoms. The molecule has 0 aliphatic rings. The van der Waals surface area contributed by atoms with Crippen molar-refractivity contribution in [1.82, 2.24) is 4.98 Å². The van der Waals surface area contributed by atoms with Crippen molar-refractivity contribution in [2.45, 2.75) is 46.8 Å². The van der Waals surface area contributed by atoms with Gasteiger partial charge in [0, 0.05) is 22.9 Å². The Morgan fingerprint density at radius 1 is 1.10 bits per heavy atom. The van der Waals surface area contributed by atoms with Crippen LogP contribution in [0.5, 0.6) is 11.6 Å².